The summed E-state index contributed by atoms with van der Waals surface area (Å²) in [6.07, 6.45) is 0. The van der Waals surface area contributed by atoms with E-state index in [0.29, 0.717) is 17.5 Å². The molecule has 5 nitrogen and oxygen atoms in total. The predicted molar refractivity (Wildman–Crippen MR) is 250 cm³/mol. The fourth-order valence-corrected chi connectivity index (χ4v) is 11.3. The lowest BCUT2D eigenvalue weighted by molar-refractivity contribution is 1.03. The summed E-state index contributed by atoms with van der Waals surface area (Å²) in [6.45, 7) is 0. The highest BCUT2D eigenvalue weighted by Crippen LogP contribution is 2.50. The van der Waals surface area contributed by atoms with Gasteiger partial charge in [0.05, 0.1) is 16.7 Å². The Kier molecular flexibility index (Phi) is 7.34. The number of benzene rings is 8. The average Bonchev–Trinajstić information content (AvgIpc) is 3.98. The molecule has 4 aromatic heterocycles. The first-order chi connectivity index (χ1) is 29.7. The zero-order chi connectivity index (χ0) is 39.3. The summed E-state index contributed by atoms with van der Waals surface area (Å²) in [5, 5.41) is 6.21. The zero-order valence-corrected chi connectivity index (χ0v) is 33.6. The number of rotatable bonds is 5. The van der Waals surface area contributed by atoms with E-state index in [0.717, 1.165) is 33.5 Å². The largest absolute Gasteiger partial charge is 0.295 e. The van der Waals surface area contributed by atoms with E-state index in [1.54, 1.807) is 11.3 Å². The van der Waals surface area contributed by atoms with Crippen molar-refractivity contribution < 1.29 is 0 Å². The summed E-state index contributed by atoms with van der Waals surface area (Å²) in [5.74, 6) is 1.97. The monoisotopic (exact) mass is 801 g/mol. The maximum absolute atomic E-state index is 5.19. The van der Waals surface area contributed by atoms with Crippen LogP contribution in [0.5, 0.6) is 0 Å². The molecule has 0 saturated carbocycles. The number of hydrogen-bond donors (Lipinski definition) is 0. The topological polar surface area (TPSA) is 48.5 Å². The SMILES string of the molecule is c1ccc(-c2nc(-c3ccc(-c4ccc5c(c4)-n4c6c(cccc6c6c7ccccc7n(-c7ccccc7)c64)S5)cc3)nc(-c3cccc4sc5ccccc5c34)n2)cc1. The number of thiophene rings is 1. The molecule has 8 aromatic carbocycles. The van der Waals surface area contributed by atoms with Crippen LogP contribution in [0.3, 0.4) is 0 Å². The van der Waals surface area contributed by atoms with Gasteiger partial charge in [0.25, 0.3) is 0 Å². The molecule has 0 radical (unpaired) electrons. The molecule has 0 bridgehead atoms. The van der Waals surface area contributed by atoms with Crippen molar-refractivity contribution >= 4 is 76.1 Å². The Hall–Kier alpha value is -7.32. The van der Waals surface area contributed by atoms with Gasteiger partial charge >= 0.3 is 0 Å². The molecule has 0 aliphatic carbocycles. The van der Waals surface area contributed by atoms with E-state index in [2.05, 4.69) is 179 Å². The van der Waals surface area contributed by atoms with Crippen LogP contribution >= 0.6 is 23.1 Å². The van der Waals surface area contributed by atoms with Crippen LogP contribution in [-0.2, 0) is 0 Å². The third-order valence-electron chi connectivity index (χ3n) is 11.8. The Labute approximate surface area is 352 Å². The van der Waals surface area contributed by atoms with Crippen LogP contribution in [0, 0.1) is 0 Å². The van der Waals surface area contributed by atoms with Gasteiger partial charge in [-0.05, 0) is 59.7 Å². The first kappa shape index (κ1) is 33.6. The van der Waals surface area contributed by atoms with Gasteiger partial charge < -0.3 is 0 Å². The Balaban J connectivity index is 0.960. The van der Waals surface area contributed by atoms with Gasteiger partial charge in [0, 0.05) is 68.5 Å². The maximum atomic E-state index is 5.19. The molecule has 5 heterocycles. The van der Waals surface area contributed by atoms with Crippen molar-refractivity contribution in [1.82, 2.24) is 24.1 Å². The van der Waals surface area contributed by atoms with Crippen LogP contribution in [0.25, 0.3) is 110 Å². The third-order valence-corrected chi connectivity index (χ3v) is 14.0. The molecular weight excluding hydrogens is 771 g/mol. The molecule has 0 saturated heterocycles. The summed E-state index contributed by atoms with van der Waals surface area (Å²) in [7, 11) is 0. The molecule has 0 amide bonds. The van der Waals surface area contributed by atoms with Gasteiger partial charge in [-0.1, -0.05) is 151 Å². The second kappa shape index (κ2) is 13.1. The van der Waals surface area contributed by atoms with Gasteiger partial charge in [-0.3, -0.25) is 9.13 Å². The number of nitrogens with zero attached hydrogens (tertiary/aromatic N) is 5. The molecule has 0 unspecified atom stereocenters. The second-order valence-electron chi connectivity index (χ2n) is 15.2. The second-order valence-corrected chi connectivity index (χ2v) is 17.4. The number of aromatic nitrogens is 5. The molecule has 0 spiro atoms. The summed E-state index contributed by atoms with van der Waals surface area (Å²) >= 11 is 3.65. The van der Waals surface area contributed by atoms with E-state index in [4.69, 9.17) is 15.0 Å². The van der Waals surface area contributed by atoms with Crippen molar-refractivity contribution in [3.8, 4) is 56.7 Å². The van der Waals surface area contributed by atoms with Crippen LogP contribution in [0.4, 0.5) is 0 Å². The smallest absolute Gasteiger partial charge is 0.164 e. The molecule has 7 heteroatoms. The standard InChI is InChI=1S/C53H31N5S2/c1-3-13-33(14-4-1)50-54-51(56-52(55-50)40-20-12-23-45-47(40)38-18-8-10-22-43(38)59-45)34-27-25-32(26-28-34)35-29-30-44-42(31-35)58-49-39(19-11-24-46(49)60-44)48-37-17-7-9-21-41(37)57(53(48)58)36-15-5-2-6-16-36/h1-31H. The fraction of sp³-hybridized carbons (Fsp3) is 0. The lowest BCUT2D eigenvalue weighted by atomic mass is 10.0. The van der Waals surface area contributed by atoms with Crippen LogP contribution in [0.2, 0.25) is 0 Å². The Morgan fingerprint density at radius 2 is 1.03 bits per heavy atom. The van der Waals surface area contributed by atoms with Crippen molar-refractivity contribution in [1.29, 1.82) is 0 Å². The van der Waals surface area contributed by atoms with Crippen LogP contribution in [0.1, 0.15) is 0 Å². The molecule has 12 aromatic rings. The Bertz CT molecular complexity index is 3680. The highest BCUT2D eigenvalue weighted by Gasteiger charge is 2.28. The van der Waals surface area contributed by atoms with Gasteiger partial charge in [0.15, 0.2) is 17.5 Å². The average molecular weight is 802 g/mol. The van der Waals surface area contributed by atoms with Crippen molar-refractivity contribution in [3.63, 3.8) is 0 Å². The van der Waals surface area contributed by atoms with E-state index < -0.39 is 0 Å². The zero-order valence-electron chi connectivity index (χ0n) is 32.0. The first-order valence-corrected chi connectivity index (χ1v) is 21.7. The predicted octanol–water partition coefficient (Wildman–Crippen LogP) is 14.4. The molecular formula is C53H31N5S2. The Morgan fingerprint density at radius 3 is 1.87 bits per heavy atom. The lowest BCUT2D eigenvalue weighted by Crippen LogP contribution is -2.06. The van der Waals surface area contributed by atoms with Crippen molar-refractivity contribution in [2.45, 2.75) is 9.79 Å². The van der Waals surface area contributed by atoms with E-state index in [1.807, 2.05) is 30.0 Å². The van der Waals surface area contributed by atoms with Gasteiger partial charge in [-0.25, -0.2) is 15.0 Å². The van der Waals surface area contributed by atoms with Crippen molar-refractivity contribution in [3.05, 3.63) is 188 Å². The minimum absolute atomic E-state index is 0.645. The lowest BCUT2D eigenvalue weighted by Gasteiger charge is -2.22. The molecule has 0 fully saturated rings. The van der Waals surface area contributed by atoms with Crippen molar-refractivity contribution in [2.75, 3.05) is 0 Å². The minimum Gasteiger partial charge on any atom is -0.295 e. The van der Waals surface area contributed by atoms with Crippen molar-refractivity contribution in [2.24, 2.45) is 0 Å². The number of para-hydroxylation sites is 3. The van der Waals surface area contributed by atoms with E-state index >= 15 is 0 Å². The van der Waals surface area contributed by atoms with Gasteiger partial charge in [0.1, 0.15) is 5.65 Å². The highest BCUT2D eigenvalue weighted by atomic mass is 32.2. The van der Waals surface area contributed by atoms with Crippen LogP contribution < -0.4 is 0 Å². The van der Waals surface area contributed by atoms with Gasteiger partial charge in [-0.2, -0.15) is 0 Å². The fourth-order valence-electron chi connectivity index (χ4n) is 9.11. The van der Waals surface area contributed by atoms with E-state index in [9.17, 15) is 0 Å². The first-order valence-electron chi connectivity index (χ1n) is 20.0. The molecule has 280 valence electrons. The van der Waals surface area contributed by atoms with Crippen LogP contribution in [0.15, 0.2) is 198 Å². The maximum Gasteiger partial charge on any atom is 0.164 e. The Morgan fingerprint density at radius 1 is 0.400 bits per heavy atom. The number of fused-ring (bicyclic) bond motifs is 10. The number of hydrogen-bond acceptors (Lipinski definition) is 5. The normalized spacial score (nSPS) is 12.3. The molecule has 0 atom stereocenters. The molecule has 13 rings (SSSR count). The summed E-state index contributed by atoms with van der Waals surface area (Å²) in [4.78, 5) is 17.9. The third kappa shape index (κ3) is 5.03. The van der Waals surface area contributed by atoms with Gasteiger partial charge in [0.2, 0.25) is 0 Å². The summed E-state index contributed by atoms with van der Waals surface area (Å²) in [5.41, 5.74) is 11.1. The quantitative estimate of drug-likeness (QED) is 0.174. The van der Waals surface area contributed by atoms with Crippen LogP contribution in [-0.4, -0.2) is 24.1 Å². The molecule has 0 N–H and O–H groups in total. The van der Waals surface area contributed by atoms with E-state index in [-0.39, 0.29) is 0 Å². The van der Waals surface area contributed by atoms with E-state index in [1.165, 1.54) is 68.5 Å². The summed E-state index contributed by atoms with van der Waals surface area (Å²) in [6, 6.07) is 67.1. The highest BCUT2D eigenvalue weighted by molar-refractivity contribution is 7.99. The summed E-state index contributed by atoms with van der Waals surface area (Å²) < 4.78 is 7.41. The molecule has 60 heavy (non-hydrogen) atoms. The molecule has 1 aliphatic rings. The van der Waals surface area contributed by atoms with Gasteiger partial charge in [-0.15, -0.1) is 11.3 Å². The minimum atomic E-state index is 0.645. The molecule has 1 aliphatic heterocycles.